The molecule has 0 bridgehead atoms. The monoisotopic (exact) mass is 404 g/mol. The Morgan fingerprint density at radius 2 is 1.83 bits per heavy atom. The predicted octanol–water partition coefficient (Wildman–Crippen LogP) is 6.29. The number of hydrogen-bond acceptors (Lipinski definition) is 3. The fourth-order valence-electron chi connectivity index (χ4n) is 3.12. The molecule has 29 heavy (non-hydrogen) atoms. The number of methoxy groups -OCH3 is 1. The third-order valence-corrected chi connectivity index (χ3v) is 4.89. The van der Waals surface area contributed by atoms with Crippen LogP contribution in [0.1, 0.15) is 11.1 Å². The van der Waals surface area contributed by atoms with Crippen molar-refractivity contribution in [2.75, 3.05) is 7.11 Å². The molecule has 0 aliphatic heterocycles. The van der Waals surface area contributed by atoms with E-state index in [9.17, 15) is 0 Å². The van der Waals surface area contributed by atoms with Crippen LogP contribution in [0.3, 0.4) is 0 Å². The summed E-state index contributed by atoms with van der Waals surface area (Å²) in [6.45, 7) is 2.53. The van der Waals surface area contributed by atoms with E-state index in [1.165, 1.54) is 5.56 Å². The van der Waals surface area contributed by atoms with Gasteiger partial charge in [-0.3, -0.25) is 0 Å². The van der Waals surface area contributed by atoms with Crippen LogP contribution in [-0.4, -0.2) is 17.1 Å². The number of nitrogens with one attached hydrogen (secondary N) is 1. The molecule has 4 rings (SSSR count). The Morgan fingerprint density at radius 3 is 2.59 bits per heavy atom. The second-order valence-electron chi connectivity index (χ2n) is 6.78. The van der Waals surface area contributed by atoms with E-state index in [0.29, 0.717) is 17.4 Å². The van der Waals surface area contributed by atoms with Crippen molar-refractivity contribution in [2.45, 2.75) is 13.5 Å². The van der Waals surface area contributed by atoms with Crippen LogP contribution in [0.4, 0.5) is 0 Å². The summed E-state index contributed by atoms with van der Waals surface area (Å²) in [6, 6.07) is 21.6. The normalized spacial score (nSPS) is 10.7. The Bertz CT molecular complexity index is 1120. The molecule has 3 aromatic carbocycles. The molecule has 1 aromatic heterocycles. The number of rotatable bonds is 6. The lowest BCUT2D eigenvalue weighted by Crippen LogP contribution is -1.96. The first-order valence-corrected chi connectivity index (χ1v) is 9.68. The van der Waals surface area contributed by atoms with E-state index >= 15 is 0 Å². The molecule has 1 heterocycles. The number of ether oxygens (including phenoxy) is 2. The van der Waals surface area contributed by atoms with Crippen molar-refractivity contribution < 1.29 is 9.47 Å². The highest BCUT2D eigenvalue weighted by Crippen LogP contribution is 2.33. The molecule has 5 heteroatoms. The summed E-state index contributed by atoms with van der Waals surface area (Å²) in [6.07, 6.45) is 1.89. The van der Waals surface area contributed by atoms with E-state index in [2.05, 4.69) is 24.0 Å². The van der Waals surface area contributed by atoms with Crippen LogP contribution in [0.5, 0.6) is 11.5 Å². The van der Waals surface area contributed by atoms with Crippen molar-refractivity contribution >= 4 is 11.6 Å². The summed E-state index contributed by atoms with van der Waals surface area (Å²) in [7, 11) is 1.65. The van der Waals surface area contributed by atoms with Crippen LogP contribution in [0.2, 0.25) is 5.02 Å². The summed E-state index contributed by atoms with van der Waals surface area (Å²) in [5.41, 5.74) is 5.02. The van der Waals surface area contributed by atoms with Crippen molar-refractivity contribution in [1.82, 2.24) is 9.97 Å². The Balaban J connectivity index is 1.54. The lowest BCUT2D eigenvalue weighted by molar-refractivity contribution is 0.304. The smallest absolute Gasteiger partial charge is 0.138 e. The number of halogens is 1. The molecule has 4 aromatic rings. The summed E-state index contributed by atoms with van der Waals surface area (Å²) in [5.74, 6) is 2.27. The van der Waals surface area contributed by atoms with E-state index in [1.54, 1.807) is 7.11 Å². The fraction of sp³-hybridized carbons (Fsp3) is 0.125. The molecule has 0 saturated heterocycles. The Labute approximate surface area is 175 Å². The maximum atomic E-state index is 5.93. The maximum Gasteiger partial charge on any atom is 0.138 e. The lowest BCUT2D eigenvalue weighted by atomic mass is 10.1. The molecular formula is C24H21ClN2O2. The van der Waals surface area contributed by atoms with Crippen molar-refractivity contribution in [3.05, 3.63) is 89.1 Å². The van der Waals surface area contributed by atoms with E-state index < -0.39 is 0 Å². The van der Waals surface area contributed by atoms with Crippen LogP contribution in [0.25, 0.3) is 22.6 Å². The van der Waals surface area contributed by atoms with Gasteiger partial charge in [-0.05, 0) is 42.8 Å². The summed E-state index contributed by atoms with van der Waals surface area (Å²) < 4.78 is 11.5. The van der Waals surface area contributed by atoms with Gasteiger partial charge in [-0.1, -0.05) is 47.5 Å². The highest BCUT2D eigenvalue weighted by molar-refractivity contribution is 6.30. The number of H-pyrrole nitrogens is 1. The van der Waals surface area contributed by atoms with Crippen LogP contribution >= 0.6 is 11.6 Å². The molecule has 0 saturated carbocycles. The van der Waals surface area contributed by atoms with Crippen LogP contribution in [0, 0.1) is 6.92 Å². The molecule has 146 valence electrons. The minimum absolute atomic E-state index is 0.458. The van der Waals surface area contributed by atoms with E-state index in [0.717, 1.165) is 34.0 Å². The third kappa shape index (κ3) is 4.44. The molecule has 0 radical (unpaired) electrons. The van der Waals surface area contributed by atoms with Gasteiger partial charge in [0.1, 0.15) is 23.9 Å². The summed E-state index contributed by atoms with van der Waals surface area (Å²) >= 11 is 5.93. The van der Waals surface area contributed by atoms with Crippen molar-refractivity contribution in [1.29, 1.82) is 0 Å². The SMILES string of the molecule is COc1cc(OCc2ccc(Cl)cc2)ccc1-c1c[nH]c(-c2cccc(C)c2)n1. The number of aromatic amines is 1. The summed E-state index contributed by atoms with van der Waals surface area (Å²) in [4.78, 5) is 8.00. The van der Waals surface area contributed by atoms with Crippen LogP contribution in [0.15, 0.2) is 72.9 Å². The van der Waals surface area contributed by atoms with Gasteiger partial charge in [0.2, 0.25) is 0 Å². The molecule has 0 aliphatic rings. The van der Waals surface area contributed by atoms with Crippen molar-refractivity contribution in [2.24, 2.45) is 0 Å². The lowest BCUT2D eigenvalue weighted by Gasteiger charge is -2.11. The van der Waals surface area contributed by atoms with Crippen LogP contribution in [-0.2, 0) is 6.61 Å². The minimum atomic E-state index is 0.458. The van der Waals surface area contributed by atoms with Gasteiger partial charge in [0.05, 0.1) is 12.8 Å². The number of aromatic nitrogens is 2. The zero-order valence-corrected chi connectivity index (χ0v) is 17.0. The first-order valence-electron chi connectivity index (χ1n) is 9.30. The number of imidazole rings is 1. The third-order valence-electron chi connectivity index (χ3n) is 4.64. The quantitative estimate of drug-likeness (QED) is 0.410. The Hall–Kier alpha value is -3.24. The highest BCUT2D eigenvalue weighted by Gasteiger charge is 2.12. The van der Waals surface area contributed by atoms with Gasteiger partial charge >= 0.3 is 0 Å². The molecule has 0 fully saturated rings. The van der Waals surface area contributed by atoms with Gasteiger partial charge < -0.3 is 14.5 Å². The second-order valence-corrected chi connectivity index (χ2v) is 7.22. The highest BCUT2D eigenvalue weighted by atomic mass is 35.5. The predicted molar refractivity (Wildman–Crippen MR) is 117 cm³/mol. The molecule has 0 spiro atoms. The first-order chi connectivity index (χ1) is 14.1. The van der Waals surface area contributed by atoms with Gasteiger partial charge in [0.15, 0.2) is 0 Å². The Kier molecular flexibility index (Phi) is 5.54. The van der Waals surface area contributed by atoms with Crippen molar-refractivity contribution in [3.63, 3.8) is 0 Å². The zero-order chi connectivity index (χ0) is 20.2. The number of aryl methyl sites for hydroxylation is 1. The molecule has 0 amide bonds. The minimum Gasteiger partial charge on any atom is -0.496 e. The number of hydrogen-bond donors (Lipinski definition) is 1. The topological polar surface area (TPSA) is 47.1 Å². The van der Waals surface area contributed by atoms with E-state index in [1.807, 2.05) is 60.8 Å². The second kappa shape index (κ2) is 8.41. The largest absolute Gasteiger partial charge is 0.496 e. The average Bonchev–Trinajstić information content (AvgIpc) is 3.23. The van der Waals surface area contributed by atoms with Gasteiger partial charge in [0, 0.05) is 28.4 Å². The first kappa shape index (κ1) is 19.1. The van der Waals surface area contributed by atoms with Gasteiger partial charge in [-0.2, -0.15) is 0 Å². The van der Waals surface area contributed by atoms with Gasteiger partial charge in [-0.25, -0.2) is 4.98 Å². The molecule has 0 aliphatic carbocycles. The summed E-state index contributed by atoms with van der Waals surface area (Å²) in [5, 5.41) is 0.712. The van der Waals surface area contributed by atoms with Crippen LogP contribution < -0.4 is 9.47 Å². The number of nitrogens with zero attached hydrogens (tertiary/aromatic N) is 1. The van der Waals surface area contributed by atoms with Crippen molar-refractivity contribution in [3.8, 4) is 34.1 Å². The fourth-order valence-corrected chi connectivity index (χ4v) is 3.25. The average molecular weight is 405 g/mol. The van der Waals surface area contributed by atoms with Gasteiger partial charge in [-0.15, -0.1) is 0 Å². The zero-order valence-electron chi connectivity index (χ0n) is 16.3. The van der Waals surface area contributed by atoms with E-state index in [4.69, 9.17) is 26.1 Å². The molecular weight excluding hydrogens is 384 g/mol. The van der Waals surface area contributed by atoms with E-state index in [-0.39, 0.29) is 0 Å². The Morgan fingerprint density at radius 1 is 1.00 bits per heavy atom. The standard InChI is InChI=1S/C24H21ClN2O2/c1-16-4-3-5-18(12-16)24-26-14-22(27-24)21-11-10-20(13-23(21)28-2)29-15-17-6-8-19(25)9-7-17/h3-14H,15H2,1-2H3,(H,26,27). The molecule has 4 nitrogen and oxygen atoms in total. The van der Waals surface area contributed by atoms with Gasteiger partial charge in [0.25, 0.3) is 0 Å². The molecule has 0 atom stereocenters. The maximum absolute atomic E-state index is 5.93. The number of benzene rings is 3. The molecule has 1 N–H and O–H groups in total. The molecule has 0 unspecified atom stereocenters.